The maximum atomic E-state index is 4.07. The molecule has 11 heavy (non-hydrogen) atoms. The normalized spacial score (nSPS) is 8.55. The molecule has 0 spiro atoms. The molecule has 0 fully saturated rings. The minimum absolute atomic E-state index is 1.01. The lowest BCUT2D eigenvalue weighted by Gasteiger charge is -1.90. The molecule has 1 nitrogen and oxygen atoms in total. The molecular formula is C8H6INS. The summed E-state index contributed by atoms with van der Waals surface area (Å²) in [5, 5.41) is 2.92. The van der Waals surface area contributed by atoms with Gasteiger partial charge in [0.2, 0.25) is 0 Å². The van der Waals surface area contributed by atoms with Crippen LogP contribution in [0.3, 0.4) is 0 Å². The molecule has 0 saturated heterocycles. The molecular weight excluding hydrogens is 269 g/mol. The fourth-order valence-electron chi connectivity index (χ4n) is 0.702. The number of rotatable bonds is 0. The predicted molar refractivity (Wildman–Crippen MR) is 57.5 cm³/mol. The first-order valence-electron chi connectivity index (χ1n) is 3.04. The van der Waals surface area contributed by atoms with Crippen LogP contribution in [0.1, 0.15) is 11.3 Å². The highest BCUT2D eigenvalue weighted by atomic mass is 127. The highest BCUT2D eigenvalue weighted by Gasteiger charge is 1.86. The van der Waals surface area contributed by atoms with Crippen LogP contribution in [0.2, 0.25) is 0 Å². The van der Waals surface area contributed by atoms with Gasteiger partial charge >= 0.3 is 0 Å². The second-order valence-corrected chi connectivity index (χ2v) is 3.67. The lowest BCUT2D eigenvalue weighted by Crippen LogP contribution is -1.80. The molecule has 0 bridgehead atoms. The number of hydrogen-bond acceptors (Lipinski definition) is 2. The Labute approximate surface area is 82.6 Å². The summed E-state index contributed by atoms with van der Waals surface area (Å²) >= 11 is 2.15. The molecule has 3 heteroatoms. The molecule has 0 aliphatic carbocycles. The van der Waals surface area contributed by atoms with Gasteiger partial charge in [0, 0.05) is 38.7 Å². The van der Waals surface area contributed by atoms with Crippen molar-refractivity contribution >= 4 is 30.1 Å². The summed E-state index contributed by atoms with van der Waals surface area (Å²) in [6, 6.07) is 3.88. The molecule has 1 rings (SSSR count). The van der Waals surface area contributed by atoms with E-state index in [-0.39, 0.29) is 0 Å². The fourth-order valence-corrected chi connectivity index (χ4v) is 1.19. The summed E-state index contributed by atoms with van der Waals surface area (Å²) in [6.45, 7) is 1.96. The molecule has 56 valence electrons. The van der Waals surface area contributed by atoms with E-state index in [1.165, 1.54) is 8.93 Å². The van der Waals surface area contributed by atoms with Gasteiger partial charge in [0.25, 0.3) is 0 Å². The van der Waals surface area contributed by atoms with Crippen molar-refractivity contribution in [2.24, 2.45) is 0 Å². The average molecular weight is 275 g/mol. The SMILES string of the molecule is Cc1cc(C#CSI)ccn1. The van der Waals surface area contributed by atoms with Crippen molar-refractivity contribution in [3.05, 3.63) is 29.6 Å². The van der Waals surface area contributed by atoms with E-state index in [0.29, 0.717) is 0 Å². The molecule has 1 aromatic rings. The van der Waals surface area contributed by atoms with Gasteiger partial charge in [-0.25, -0.2) is 0 Å². The molecule has 0 unspecified atom stereocenters. The lowest BCUT2D eigenvalue weighted by atomic mass is 10.2. The van der Waals surface area contributed by atoms with Crippen LogP contribution in [-0.4, -0.2) is 4.98 Å². The second kappa shape index (κ2) is 4.62. The first-order valence-corrected chi connectivity index (χ1v) is 6.40. The topological polar surface area (TPSA) is 12.9 Å². The monoisotopic (exact) mass is 275 g/mol. The maximum Gasteiger partial charge on any atom is 0.0385 e. The zero-order chi connectivity index (χ0) is 8.10. The quantitative estimate of drug-likeness (QED) is 0.533. The molecule has 1 aromatic heterocycles. The van der Waals surface area contributed by atoms with E-state index in [0.717, 1.165) is 11.3 Å². The van der Waals surface area contributed by atoms with E-state index in [1.807, 2.05) is 19.1 Å². The molecule has 0 aromatic carbocycles. The van der Waals surface area contributed by atoms with E-state index in [2.05, 4.69) is 37.4 Å². The Morgan fingerprint density at radius 3 is 3.09 bits per heavy atom. The molecule has 0 amide bonds. The summed E-state index contributed by atoms with van der Waals surface area (Å²) in [7, 11) is 1.49. The molecule has 0 saturated carbocycles. The third-order valence-electron chi connectivity index (χ3n) is 1.13. The highest BCUT2D eigenvalue weighted by molar-refractivity contribution is 14.2. The number of aromatic nitrogens is 1. The third kappa shape index (κ3) is 3.12. The van der Waals surface area contributed by atoms with Gasteiger partial charge in [-0.15, -0.1) is 0 Å². The zero-order valence-corrected chi connectivity index (χ0v) is 8.94. The van der Waals surface area contributed by atoms with Gasteiger partial charge in [0.15, 0.2) is 0 Å². The smallest absolute Gasteiger partial charge is 0.0385 e. The van der Waals surface area contributed by atoms with Crippen LogP contribution in [-0.2, 0) is 0 Å². The Kier molecular flexibility index (Phi) is 3.73. The largest absolute Gasteiger partial charge is 0.262 e. The summed E-state index contributed by atoms with van der Waals surface area (Å²) in [5.74, 6) is 3.00. The van der Waals surface area contributed by atoms with Crippen LogP contribution in [0.4, 0.5) is 0 Å². The molecule has 0 radical (unpaired) electrons. The summed E-state index contributed by atoms with van der Waals surface area (Å²) < 4.78 is 0. The Morgan fingerprint density at radius 1 is 1.64 bits per heavy atom. The summed E-state index contributed by atoms with van der Waals surface area (Å²) in [6.07, 6.45) is 1.78. The number of halogens is 1. The number of nitrogens with zero attached hydrogens (tertiary/aromatic N) is 1. The van der Waals surface area contributed by atoms with E-state index in [9.17, 15) is 0 Å². The van der Waals surface area contributed by atoms with Gasteiger partial charge in [-0.1, -0.05) is 5.92 Å². The van der Waals surface area contributed by atoms with Crippen LogP contribution >= 0.6 is 30.1 Å². The van der Waals surface area contributed by atoms with E-state index in [1.54, 1.807) is 6.20 Å². The Bertz CT molecular complexity index is 300. The molecule has 0 aliphatic heterocycles. The van der Waals surface area contributed by atoms with Crippen molar-refractivity contribution in [1.82, 2.24) is 4.98 Å². The number of aryl methyl sites for hydroxylation is 1. The number of pyridine rings is 1. The Hall–Kier alpha value is -0.210. The van der Waals surface area contributed by atoms with Crippen molar-refractivity contribution in [2.45, 2.75) is 6.92 Å². The van der Waals surface area contributed by atoms with Crippen LogP contribution in [0.5, 0.6) is 0 Å². The standard InChI is InChI=1S/C8H6INS/c1-7-6-8(2-4-10-7)3-5-11-9/h2,4,6H,1H3. The first-order chi connectivity index (χ1) is 5.33. The molecule has 1 heterocycles. The number of hydrogen-bond donors (Lipinski definition) is 0. The summed E-state index contributed by atoms with van der Waals surface area (Å²) in [4.78, 5) is 4.07. The van der Waals surface area contributed by atoms with Crippen molar-refractivity contribution in [3.63, 3.8) is 0 Å². The van der Waals surface area contributed by atoms with Gasteiger partial charge in [-0.3, -0.25) is 4.98 Å². The van der Waals surface area contributed by atoms with Crippen LogP contribution < -0.4 is 0 Å². The van der Waals surface area contributed by atoms with Gasteiger partial charge in [-0.2, -0.15) is 0 Å². The highest BCUT2D eigenvalue weighted by Crippen LogP contribution is 2.08. The van der Waals surface area contributed by atoms with Crippen LogP contribution in [0.15, 0.2) is 18.3 Å². The van der Waals surface area contributed by atoms with Gasteiger partial charge in [0.1, 0.15) is 0 Å². The molecule has 0 atom stereocenters. The van der Waals surface area contributed by atoms with E-state index < -0.39 is 0 Å². The zero-order valence-electron chi connectivity index (χ0n) is 5.97. The first kappa shape index (κ1) is 8.88. The molecule has 0 N–H and O–H groups in total. The van der Waals surface area contributed by atoms with Gasteiger partial charge < -0.3 is 0 Å². The average Bonchev–Trinajstić information content (AvgIpc) is 2.01. The van der Waals surface area contributed by atoms with Gasteiger partial charge in [-0.05, 0) is 33.2 Å². The minimum atomic E-state index is 1.01. The van der Waals surface area contributed by atoms with Crippen LogP contribution in [0.25, 0.3) is 0 Å². The Balaban J connectivity index is 2.87. The van der Waals surface area contributed by atoms with Gasteiger partial charge in [0.05, 0.1) is 0 Å². The summed E-state index contributed by atoms with van der Waals surface area (Å²) in [5.41, 5.74) is 2.04. The van der Waals surface area contributed by atoms with Crippen molar-refractivity contribution in [2.75, 3.05) is 0 Å². The predicted octanol–water partition coefficient (Wildman–Crippen LogP) is 2.78. The van der Waals surface area contributed by atoms with Crippen molar-refractivity contribution < 1.29 is 0 Å². The lowest BCUT2D eigenvalue weighted by molar-refractivity contribution is 1.19. The minimum Gasteiger partial charge on any atom is -0.262 e. The van der Waals surface area contributed by atoms with Crippen molar-refractivity contribution in [3.8, 4) is 11.2 Å². The third-order valence-corrected chi connectivity index (χ3v) is 1.97. The van der Waals surface area contributed by atoms with Crippen LogP contribution in [0, 0.1) is 18.1 Å². The van der Waals surface area contributed by atoms with Crippen molar-refractivity contribution in [1.29, 1.82) is 0 Å². The Morgan fingerprint density at radius 2 is 2.45 bits per heavy atom. The second-order valence-electron chi connectivity index (χ2n) is 1.99. The van der Waals surface area contributed by atoms with E-state index in [4.69, 9.17) is 0 Å². The fraction of sp³-hybridized carbons (Fsp3) is 0.125. The van der Waals surface area contributed by atoms with E-state index >= 15 is 0 Å². The maximum absolute atomic E-state index is 4.07. The molecule has 0 aliphatic rings.